The molecule has 0 aliphatic rings. The van der Waals surface area contributed by atoms with Gasteiger partial charge < -0.3 is 15.4 Å². The van der Waals surface area contributed by atoms with Crippen LogP contribution in [0.15, 0.2) is 29.3 Å². The number of rotatable bonds is 8. The number of nitrogens with zero attached hydrogens (tertiary/aromatic N) is 1. The van der Waals surface area contributed by atoms with Crippen LogP contribution in [0.2, 0.25) is 0 Å². The van der Waals surface area contributed by atoms with Crippen molar-refractivity contribution in [2.75, 3.05) is 31.7 Å². The maximum atomic E-state index is 12.3. The van der Waals surface area contributed by atoms with Gasteiger partial charge in [-0.25, -0.2) is 4.99 Å². The third kappa shape index (κ3) is 8.59. The van der Waals surface area contributed by atoms with Gasteiger partial charge in [-0.1, -0.05) is 18.2 Å². The van der Waals surface area contributed by atoms with Crippen LogP contribution in [0, 0.1) is 0 Å². The molecular weight excluding hydrogens is 327 g/mol. The molecule has 0 aliphatic carbocycles. The van der Waals surface area contributed by atoms with Crippen LogP contribution in [0.3, 0.4) is 0 Å². The fourth-order valence-electron chi connectivity index (χ4n) is 1.71. The maximum Gasteiger partial charge on any atom is 0.422 e. The molecular formula is C15H22F3N3OS. The summed E-state index contributed by atoms with van der Waals surface area (Å²) in [7, 11) is 0. The molecule has 4 nitrogen and oxygen atoms in total. The minimum absolute atomic E-state index is 0.202. The number of aliphatic imine (C=N–C) groups is 1. The predicted molar refractivity (Wildman–Crippen MR) is 89.2 cm³/mol. The molecule has 0 aromatic heterocycles. The molecule has 0 atom stereocenters. The third-order valence-corrected chi connectivity index (χ3v) is 3.33. The molecule has 0 fully saturated rings. The molecule has 2 N–H and O–H groups in total. The zero-order valence-electron chi connectivity index (χ0n) is 13.2. The minimum Gasteiger partial charge on any atom is -0.484 e. The third-order valence-electron chi connectivity index (χ3n) is 2.71. The van der Waals surface area contributed by atoms with Crippen LogP contribution in [0.25, 0.3) is 0 Å². The van der Waals surface area contributed by atoms with Gasteiger partial charge in [0.15, 0.2) is 12.6 Å². The summed E-state index contributed by atoms with van der Waals surface area (Å²) >= 11 is 1.72. The Morgan fingerprint density at radius 2 is 2.00 bits per heavy atom. The van der Waals surface area contributed by atoms with E-state index in [0.29, 0.717) is 18.1 Å². The van der Waals surface area contributed by atoms with Gasteiger partial charge in [-0.05, 0) is 19.2 Å². The number of halogens is 3. The average molecular weight is 349 g/mol. The number of thioether (sulfide) groups is 1. The van der Waals surface area contributed by atoms with Crippen molar-refractivity contribution in [1.29, 1.82) is 0 Å². The van der Waals surface area contributed by atoms with E-state index in [-0.39, 0.29) is 12.3 Å². The average Bonchev–Trinajstić information content (AvgIpc) is 2.51. The number of hydrogen-bond acceptors (Lipinski definition) is 3. The summed E-state index contributed by atoms with van der Waals surface area (Å²) < 4.78 is 41.7. The van der Waals surface area contributed by atoms with E-state index in [9.17, 15) is 13.2 Å². The van der Waals surface area contributed by atoms with Gasteiger partial charge in [0.25, 0.3) is 0 Å². The lowest BCUT2D eigenvalue weighted by Crippen LogP contribution is -2.38. The van der Waals surface area contributed by atoms with E-state index in [0.717, 1.165) is 12.3 Å². The van der Waals surface area contributed by atoms with E-state index in [1.807, 2.05) is 13.2 Å². The van der Waals surface area contributed by atoms with Crippen LogP contribution in [-0.2, 0) is 6.54 Å². The molecule has 1 aromatic rings. The van der Waals surface area contributed by atoms with Gasteiger partial charge in [-0.3, -0.25) is 0 Å². The SMILES string of the molecule is CCNC(=NCc1ccccc1OCC(F)(F)F)NCCSC. The van der Waals surface area contributed by atoms with Gasteiger partial charge in [0.05, 0.1) is 6.54 Å². The molecule has 0 saturated heterocycles. The van der Waals surface area contributed by atoms with E-state index in [1.54, 1.807) is 30.0 Å². The Kier molecular flexibility index (Phi) is 8.68. The van der Waals surface area contributed by atoms with Gasteiger partial charge in [-0.2, -0.15) is 24.9 Å². The Balaban J connectivity index is 2.71. The van der Waals surface area contributed by atoms with Crippen LogP contribution in [0.4, 0.5) is 13.2 Å². The number of guanidine groups is 1. The molecule has 8 heteroatoms. The fourth-order valence-corrected chi connectivity index (χ4v) is 2.02. The lowest BCUT2D eigenvalue weighted by molar-refractivity contribution is -0.153. The first-order valence-electron chi connectivity index (χ1n) is 7.25. The highest BCUT2D eigenvalue weighted by Crippen LogP contribution is 2.22. The van der Waals surface area contributed by atoms with E-state index in [2.05, 4.69) is 15.6 Å². The molecule has 0 unspecified atom stereocenters. The molecule has 1 rings (SSSR count). The highest BCUT2D eigenvalue weighted by atomic mass is 32.2. The lowest BCUT2D eigenvalue weighted by Gasteiger charge is -2.13. The minimum atomic E-state index is -4.36. The summed E-state index contributed by atoms with van der Waals surface area (Å²) in [6.07, 6.45) is -2.34. The molecule has 130 valence electrons. The zero-order valence-corrected chi connectivity index (χ0v) is 14.1. The number of nitrogens with one attached hydrogen (secondary N) is 2. The summed E-state index contributed by atoms with van der Waals surface area (Å²) in [6.45, 7) is 2.35. The molecule has 0 bridgehead atoms. The second-order valence-electron chi connectivity index (χ2n) is 4.63. The molecule has 0 aliphatic heterocycles. The summed E-state index contributed by atoms with van der Waals surface area (Å²) in [5.41, 5.74) is 0.610. The standard InChI is InChI=1S/C15H22F3N3OS/c1-3-19-14(20-8-9-23-2)21-10-12-6-4-5-7-13(12)22-11-15(16,17)18/h4-7H,3,8-11H2,1-2H3,(H2,19,20,21). The van der Waals surface area contributed by atoms with Crippen molar-refractivity contribution in [1.82, 2.24) is 10.6 Å². The number of alkyl halides is 3. The molecule has 0 saturated carbocycles. The van der Waals surface area contributed by atoms with Crippen molar-refractivity contribution in [2.24, 2.45) is 4.99 Å². The van der Waals surface area contributed by atoms with Crippen molar-refractivity contribution in [3.63, 3.8) is 0 Å². The Morgan fingerprint density at radius 1 is 1.26 bits per heavy atom. The normalized spacial score (nSPS) is 12.1. The van der Waals surface area contributed by atoms with Gasteiger partial charge in [-0.15, -0.1) is 0 Å². The summed E-state index contributed by atoms with van der Waals surface area (Å²) in [5, 5.41) is 6.26. The number of ether oxygens (including phenoxy) is 1. The molecule has 0 radical (unpaired) electrons. The molecule has 23 heavy (non-hydrogen) atoms. The zero-order chi connectivity index (χ0) is 17.1. The van der Waals surface area contributed by atoms with Crippen molar-refractivity contribution in [3.05, 3.63) is 29.8 Å². The van der Waals surface area contributed by atoms with Crippen LogP contribution < -0.4 is 15.4 Å². The van der Waals surface area contributed by atoms with Gasteiger partial charge in [0.1, 0.15) is 5.75 Å². The largest absolute Gasteiger partial charge is 0.484 e. The van der Waals surface area contributed by atoms with Crippen molar-refractivity contribution in [2.45, 2.75) is 19.6 Å². The van der Waals surface area contributed by atoms with Gasteiger partial charge in [0.2, 0.25) is 0 Å². The van der Waals surface area contributed by atoms with Gasteiger partial charge >= 0.3 is 6.18 Å². The highest BCUT2D eigenvalue weighted by molar-refractivity contribution is 7.98. The van der Waals surface area contributed by atoms with E-state index in [4.69, 9.17) is 4.74 Å². The Hall–Kier alpha value is -1.57. The highest BCUT2D eigenvalue weighted by Gasteiger charge is 2.28. The molecule has 0 amide bonds. The van der Waals surface area contributed by atoms with E-state index >= 15 is 0 Å². The number of benzene rings is 1. The van der Waals surface area contributed by atoms with Crippen LogP contribution >= 0.6 is 11.8 Å². The molecule has 1 aromatic carbocycles. The Morgan fingerprint density at radius 3 is 2.65 bits per heavy atom. The quantitative estimate of drug-likeness (QED) is 0.430. The number of hydrogen-bond donors (Lipinski definition) is 2. The van der Waals surface area contributed by atoms with E-state index in [1.165, 1.54) is 6.07 Å². The fraction of sp³-hybridized carbons (Fsp3) is 0.533. The van der Waals surface area contributed by atoms with Crippen LogP contribution in [0.1, 0.15) is 12.5 Å². The molecule has 0 spiro atoms. The lowest BCUT2D eigenvalue weighted by atomic mass is 10.2. The summed E-state index contributed by atoms with van der Waals surface area (Å²) in [4.78, 5) is 4.38. The number of para-hydroxylation sites is 1. The Bertz CT molecular complexity index is 495. The van der Waals surface area contributed by atoms with Crippen molar-refractivity contribution >= 4 is 17.7 Å². The first kappa shape index (κ1) is 19.5. The predicted octanol–water partition coefficient (Wildman–Crippen LogP) is 3.05. The second-order valence-corrected chi connectivity index (χ2v) is 5.61. The topological polar surface area (TPSA) is 45.7 Å². The van der Waals surface area contributed by atoms with E-state index < -0.39 is 12.8 Å². The molecule has 0 heterocycles. The Labute approximate surface area is 138 Å². The van der Waals surface area contributed by atoms with Gasteiger partial charge in [0, 0.05) is 24.4 Å². The first-order valence-corrected chi connectivity index (χ1v) is 8.64. The van der Waals surface area contributed by atoms with Crippen LogP contribution in [0.5, 0.6) is 5.75 Å². The summed E-state index contributed by atoms with van der Waals surface area (Å²) in [6, 6.07) is 6.62. The van der Waals surface area contributed by atoms with Crippen LogP contribution in [-0.4, -0.2) is 43.8 Å². The van der Waals surface area contributed by atoms with Crippen molar-refractivity contribution in [3.8, 4) is 5.75 Å². The first-order chi connectivity index (χ1) is 11.0. The maximum absolute atomic E-state index is 12.3. The summed E-state index contributed by atoms with van der Waals surface area (Å²) in [5.74, 6) is 1.77. The smallest absolute Gasteiger partial charge is 0.422 e. The van der Waals surface area contributed by atoms with Crippen molar-refractivity contribution < 1.29 is 17.9 Å². The second kappa shape index (κ2) is 10.3. The monoisotopic (exact) mass is 349 g/mol.